The van der Waals surface area contributed by atoms with Crippen molar-refractivity contribution in [1.82, 2.24) is 10.1 Å². The molecule has 0 radical (unpaired) electrons. The van der Waals surface area contributed by atoms with Crippen LogP contribution in [0.5, 0.6) is 0 Å². The molecule has 2 heterocycles. The Morgan fingerprint density at radius 3 is 2.46 bits per heavy atom. The molecule has 188 valence electrons. The normalized spacial score (nSPS) is 11.2. The van der Waals surface area contributed by atoms with Gasteiger partial charge >= 0.3 is 5.97 Å². The molecule has 0 saturated heterocycles. The first-order valence-electron chi connectivity index (χ1n) is 12.0. The molecular weight excluding hydrogens is 511 g/mol. The van der Waals surface area contributed by atoms with Gasteiger partial charge in [-0.3, -0.25) is 0 Å². The number of ether oxygens (including phenoxy) is 1. The van der Waals surface area contributed by atoms with Crippen molar-refractivity contribution in [3.63, 3.8) is 0 Å². The standard InChI is InChI=1S/C29H24Cl2N2O4/c1-3-6-24-20(28(33-37-24)27-21(30)9-5-10-22(27)31)12-14-26-32-23-16-18(11-13-25(23)36-26)17-7-4-8-19(15-17)29(34)35-2/h4-5,7-11,13,15-16H,3,6,12,14H2,1-2H3. The van der Waals surface area contributed by atoms with Crippen LogP contribution < -0.4 is 0 Å². The van der Waals surface area contributed by atoms with Gasteiger partial charge in [0.1, 0.15) is 17.0 Å². The van der Waals surface area contributed by atoms with Gasteiger partial charge in [0.05, 0.1) is 22.7 Å². The van der Waals surface area contributed by atoms with E-state index in [1.807, 2.05) is 30.3 Å². The number of oxazole rings is 1. The molecule has 0 amide bonds. The van der Waals surface area contributed by atoms with Crippen molar-refractivity contribution in [3.05, 3.63) is 93.5 Å². The number of halogens is 2. The molecule has 5 aromatic rings. The number of benzene rings is 3. The fourth-order valence-corrected chi connectivity index (χ4v) is 4.96. The third-order valence-corrected chi connectivity index (χ3v) is 6.81. The minimum Gasteiger partial charge on any atom is -0.465 e. The van der Waals surface area contributed by atoms with Gasteiger partial charge in [0, 0.05) is 24.0 Å². The Kier molecular flexibility index (Phi) is 7.31. The van der Waals surface area contributed by atoms with E-state index < -0.39 is 0 Å². The summed E-state index contributed by atoms with van der Waals surface area (Å²) in [5.74, 6) is 1.05. The Morgan fingerprint density at radius 1 is 0.946 bits per heavy atom. The van der Waals surface area contributed by atoms with Crippen LogP contribution in [0.3, 0.4) is 0 Å². The molecule has 8 heteroatoms. The van der Waals surface area contributed by atoms with Crippen LogP contribution in [-0.2, 0) is 24.0 Å². The average Bonchev–Trinajstić information content (AvgIpc) is 3.50. The molecule has 6 nitrogen and oxygen atoms in total. The monoisotopic (exact) mass is 534 g/mol. The molecule has 5 rings (SSSR count). The van der Waals surface area contributed by atoms with Gasteiger partial charge in [-0.25, -0.2) is 9.78 Å². The van der Waals surface area contributed by atoms with Crippen LogP contribution in [-0.4, -0.2) is 23.2 Å². The van der Waals surface area contributed by atoms with Crippen LogP contribution in [0.4, 0.5) is 0 Å². The number of fused-ring (bicyclic) bond motifs is 1. The summed E-state index contributed by atoms with van der Waals surface area (Å²) in [6.45, 7) is 2.09. The lowest BCUT2D eigenvalue weighted by Crippen LogP contribution is -2.00. The molecule has 0 bridgehead atoms. The van der Waals surface area contributed by atoms with Gasteiger partial charge in [0.15, 0.2) is 11.5 Å². The van der Waals surface area contributed by atoms with Crippen molar-refractivity contribution >= 4 is 40.3 Å². The molecule has 0 N–H and O–H groups in total. The van der Waals surface area contributed by atoms with Crippen LogP contribution in [0.1, 0.15) is 40.9 Å². The third-order valence-electron chi connectivity index (χ3n) is 6.18. The number of methoxy groups -OCH3 is 1. The maximum Gasteiger partial charge on any atom is 0.337 e. The average molecular weight is 535 g/mol. The van der Waals surface area contributed by atoms with E-state index in [0.29, 0.717) is 51.2 Å². The van der Waals surface area contributed by atoms with Gasteiger partial charge < -0.3 is 13.7 Å². The molecule has 0 fully saturated rings. The number of aryl methyl sites for hydroxylation is 2. The summed E-state index contributed by atoms with van der Waals surface area (Å²) >= 11 is 12.9. The number of rotatable bonds is 8. The first-order chi connectivity index (χ1) is 18.0. The molecule has 0 aliphatic rings. The van der Waals surface area contributed by atoms with Gasteiger partial charge in [-0.15, -0.1) is 0 Å². The molecule has 2 aromatic heterocycles. The van der Waals surface area contributed by atoms with E-state index in [1.165, 1.54) is 7.11 Å². The summed E-state index contributed by atoms with van der Waals surface area (Å²) in [7, 11) is 1.37. The molecule has 0 unspecified atom stereocenters. The zero-order valence-corrected chi connectivity index (χ0v) is 21.9. The van der Waals surface area contributed by atoms with E-state index >= 15 is 0 Å². The molecular formula is C29H24Cl2N2O4. The molecule has 3 aromatic carbocycles. The van der Waals surface area contributed by atoms with E-state index in [2.05, 4.69) is 12.1 Å². The fourth-order valence-electron chi connectivity index (χ4n) is 4.38. The van der Waals surface area contributed by atoms with Gasteiger partial charge in [-0.1, -0.05) is 59.5 Å². The minimum atomic E-state index is -0.375. The van der Waals surface area contributed by atoms with Crippen molar-refractivity contribution in [2.45, 2.75) is 32.6 Å². The van der Waals surface area contributed by atoms with Crippen LogP contribution >= 0.6 is 23.2 Å². The summed E-state index contributed by atoms with van der Waals surface area (Å²) in [6.07, 6.45) is 2.83. The number of esters is 1. The quantitative estimate of drug-likeness (QED) is 0.188. The number of aromatic nitrogens is 2. The Morgan fingerprint density at radius 2 is 1.70 bits per heavy atom. The van der Waals surface area contributed by atoms with Crippen LogP contribution in [0.15, 0.2) is 69.6 Å². The maximum absolute atomic E-state index is 11.9. The summed E-state index contributed by atoms with van der Waals surface area (Å²) in [4.78, 5) is 16.6. The highest BCUT2D eigenvalue weighted by Gasteiger charge is 2.22. The first kappa shape index (κ1) is 25.1. The lowest BCUT2D eigenvalue weighted by atomic mass is 10.00. The highest BCUT2D eigenvalue weighted by molar-refractivity contribution is 6.39. The van der Waals surface area contributed by atoms with E-state index in [9.17, 15) is 4.79 Å². The summed E-state index contributed by atoms with van der Waals surface area (Å²) in [5.41, 5.74) is 6.03. The summed E-state index contributed by atoms with van der Waals surface area (Å²) in [6, 6.07) is 18.5. The summed E-state index contributed by atoms with van der Waals surface area (Å²) in [5, 5.41) is 5.37. The van der Waals surface area contributed by atoms with Gasteiger partial charge in [0.2, 0.25) is 0 Å². The van der Waals surface area contributed by atoms with E-state index in [-0.39, 0.29) is 5.97 Å². The number of hydrogen-bond acceptors (Lipinski definition) is 6. The Labute approximate surface area is 224 Å². The van der Waals surface area contributed by atoms with Gasteiger partial charge in [-0.2, -0.15) is 0 Å². The second kappa shape index (κ2) is 10.8. The van der Waals surface area contributed by atoms with Crippen molar-refractivity contribution in [2.75, 3.05) is 7.11 Å². The molecule has 0 saturated carbocycles. The molecule has 0 spiro atoms. The van der Waals surface area contributed by atoms with Crippen molar-refractivity contribution < 1.29 is 18.5 Å². The van der Waals surface area contributed by atoms with Gasteiger partial charge in [-0.05, 0) is 60.4 Å². The predicted octanol–water partition coefficient (Wildman–Crippen LogP) is 7.98. The Bertz CT molecular complexity index is 1570. The third kappa shape index (κ3) is 5.13. The van der Waals surface area contributed by atoms with Crippen LogP contribution in [0.2, 0.25) is 10.0 Å². The van der Waals surface area contributed by atoms with Gasteiger partial charge in [0.25, 0.3) is 0 Å². The number of hydrogen-bond donors (Lipinski definition) is 0. The summed E-state index contributed by atoms with van der Waals surface area (Å²) < 4.78 is 16.6. The SMILES string of the molecule is CCCc1onc(-c2c(Cl)cccc2Cl)c1CCc1nc2cc(-c3cccc(C(=O)OC)c3)ccc2o1. The Balaban J connectivity index is 1.43. The van der Waals surface area contributed by atoms with E-state index in [1.54, 1.807) is 30.3 Å². The van der Waals surface area contributed by atoms with E-state index in [4.69, 9.17) is 41.9 Å². The second-order valence-electron chi connectivity index (χ2n) is 8.64. The molecule has 0 aliphatic carbocycles. The zero-order valence-electron chi connectivity index (χ0n) is 20.4. The number of carbonyl (C=O) groups is 1. The maximum atomic E-state index is 11.9. The zero-order chi connectivity index (χ0) is 25.9. The fraction of sp³-hybridized carbons (Fsp3) is 0.207. The van der Waals surface area contributed by atoms with Crippen molar-refractivity contribution in [2.24, 2.45) is 0 Å². The predicted molar refractivity (Wildman–Crippen MR) is 144 cm³/mol. The van der Waals surface area contributed by atoms with E-state index in [0.717, 1.165) is 40.8 Å². The Hall–Kier alpha value is -3.61. The minimum absolute atomic E-state index is 0.375. The topological polar surface area (TPSA) is 78.4 Å². The first-order valence-corrected chi connectivity index (χ1v) is 12.7. The lowest BCUT2D eigenvalue weighted by Gasteiger charge is -2.06. The molecule has 37 heavy (non-hydrogen) atoms. The highest BCUT2D eigenvalue weighted by Crippen LogP contribution is 2.37. The van der Waals surface area contributed by atoms with Crippen molar-refractivity contribution in [1.29, 1.82) is 0 Å². The number of nitrogens with zero attached hydrogens (tertiary/aromatic N) is 2. The molecule has 0 aliphatic heterocycles. The van der Waals surface area contributed by atoms with Crippen LogP contribution in [0.25, 0.3) is 33.5 Å². The van der Waals surface area contributed by atoms with Crippen molar-refractivity contribution in [3.8, 4) is 22.4 Å². The largest absolute Gasteiger partial charge is 0.465 e. The second-order valence-corrected chi connectivity index (χ2v) is 9.46. The molecule has 0 atom stereocenters. The highest BCUT2D eigenvalue weighted by atomic mass is 35.5. The van der Waals surface area contributed by atoms with Crippen LogP contribution in [0, 0.1) is 0 Å². The smallest absolute Gasteiger partial charge is 0.337 e. The number of carbonyl (C=O) groups excluding carboxylic acids is 1. The lowest BCUT2D eigenvalue weighted by molar-refractivity contribution is 0.0601.